The van der Waals surface area contributed by atoms with Crippen molar-refractivity contribution in [2.75, 3.05) is 13.9 Å². The normalized spacial score (nSPS) is 17.6. The lowest BCUT2D eigenvalue weighted by Gasteiger charge is -2.24. The van der Waals surface area contributed by atoms with Gasteiger partial charge in [-0.25, -0.2) is 0 Å². The van der Waals surface area contributed by atoms with Crippen molar-refractivity contribution < 1.29 is 18.9 Å². The third-order valence-electron chi connectivity index (χ3n) is 4.36. The highest BCUT2D eigenvalue weighted by Gasteiger charge is 2.30. The van der Waals surface area contributed by atoms with Crippen molar-refractivity contribution in [3.63, 3.8) is 0 Å². The van der Waals surface area contributed by atoms with E-state index in [2.05, 4.69) is 6.07 Å². The van der Waals surface area contributed by atoms with Gasteiger partial charge in [-0.05, 0) is 12.1 Å². The van der Waals surface area contributed by atoms with Crippen LogP contribution in [0.1, 0.15) is 17.0 Å². The number of rotatable bonds is 3. The second-order valence-corrected chi connectivity index (χ2v) is 5.81. The van der Waals surface area contributed by atoms with Gasteiger partial charge in [-0.15, -0.1) is 0 Å². The van der Waals surface area contributed by atoms with Gasteiger partial charge in [0.15, 0.2) is 11.5 Å². The Hall–Kier alpha value is -3.59. The Labute approximate surface area is 150 Å². The lowest BCUT2D eigenvalue weighted by atomic mass is 9.88. The third kappa shape index (κ3) is 2.60. The molecule has 0 radical (unpaired) electrons. The van der Waals surface area contributed by atoms with Crippen molar-refractivity contribution in [2.24, 2.45) is 5.73 Å². The van der Waals surface area contributed by atoms with Crippen molar-refractivity contribution in [1.82, 2.24) is 0 Å². The van der Waals surface area contributed by atoms with Gasteiger partial charge in [0, 0.05) is 23.1 Å². The zero-order chi connectivity index (χ0) is 18.1. The van der Waals surface area contributed by atoms with Crippen molar-refractivity contribution in [1.29, 1.82) is 5.26 Å². The molecule has 2 aliphatic rings. The van der Waals surface area contributed by atoms with Crippen LogP contribution in [-0.2, 0) is 0 Å². The number of nitrogens with two attached hydrogens (primary N) is 1. The first-order valence-electron chi connectivity index (χ1n) is 8.03. The fourth-order valence-corrected chi connectivity index (χ4v) is 3.08. The predicted octanol–water partition coefficient (Wildman–Crippen LogP) is 3.31. The summed E-state index contributed by atoms with van der Waals surface area (Å²) in [5.74, 6) is 2.26. The van der Waals surface area contributed by atoms with E-state index in [0.717, 1.165) is 16.9 Å². The molecule has 2 aromatic carbocycles. The molecule has 0 unspecified atom stereocenters. The van der Waals surface area contributed by atoms with Crippen LogP contribution in [0.15, 0.2) is 53.9 Å². The van der Waals surface area contributed by atoms with Gasteiger partial charge >= 0.3 is 0 Å². The van der Waals surface area contributed by atoms with E-state index in [4.69, 9.17) is 24.7 Å². The Morgan fingerprint density at radius 2 is 1.96 bits per heavy atom. The molecule has 2 aromatic rings. The van der Waals surface area contributed by atoms with Gasteiger partial charge in [0.25, 0.3) is 0 Å². The average Bonchev–Trinajstić information content (AvgIpc) is 3.11. The zero-order valence-corrected chi connectivity index (χ0v) is 14.1. The number of hydrogen-bond acceptors (Lipinski definition) is 6. The monoisotopic (exact) mass is 348 g/mol. The number of methoxy groups -OCH3 is 1. The van der Waals surface area contributed by atoms with E-state index in [0.29, 0.717) is 22.8 Å². The highest BCUT2D eigenvalue weighted by molar-refractivity contribution is 5.64. The first-order valence-corrected chi connectivity index (χ1v) is 8.03. The van der Waals surface area contributed by atoms with Crippen molar-refractivity contribution >= 4 is 6.08 Å². The number of nitrogens with zero attached hydrogens (tertiary/aromatic N) is 1. The molecule has 130 valence electrons. The second kappa shape index (κ2) is 6.37. The van der Waals surface area contributed by atoms with Crippen LogP contribution in [0.3, 0.4) is 0 Å². The first kappa shape index (κ1) is 15.9. The molecule has 6 nitrogen and oxygen atoms in total. The van der Waals surface area contributed by atoms with E-state index in [1.165, 1.54) is 0 Å². The molecular formula is C20H16N2O4. The van der Waals surface area contributed by atoms with Gasteiger partial charge in [-0.3, -0.25) is 0 Å². The number of benzene rings is 2. The Bertz CT molecular complexity index is 972. The average molecular weight is 348 g/mol. The third-order valence-corrected chi connectivity index (χ3v) is 4.36. The van der Waals surface area contributed by atoms with Crippen LogP contribution in [-0.4, -0.2) is 13.9 Å². The standard InChI is InChI=1S/C20H16N2O4/c1-23-16-5-3-2-4-12(16)6-7-13-14-8-18-19(25-11-24-18)9-17(14)26-20(22)15(13)10-21/h2-9,13H,11,22H2,1H3/b7-6+/t13-/m0/s1. The summed E-state index contributed by atoms with van der Waals surface area (Å²) in [6.45, 7) is 0.161. The van der Waals surface area contributed by atoms with Crippen LogP contribution in [0.25, 0.3) is 6.08 Å². The minimum Gasteiger partial charge on any atom is -0.496 e. The predicted molar refractivity (Wildman–Crippen MR) is 94.8 cm³/mol. The lowest BCUT2D eigenvalue weighted by molar-refractivity contribution is 0.174. The molecule has 2 heterocycles. The topological polar surface area (TPSA) is 86.7 Å². The molecule has 6 heteroatoms. The van der Waals surface area contributed by atoms with E-state index in [1.54, 1.807) is 13.2 Å². The maximum Gasteiger partial charge on any atom is 0.231 e. The molecule has 0 fully saturated rings. The van der Waals surface area contributed by atoms with Crippen LogP contribution in [0, 0.1) is 11.3 Å². The Morgan fingerprint density at radius 3 is 2.73 bits per heavy atom. The van der Waals surface area contributed by atoms with Gasteiger partial charge in [0.05, 0.1) is 7.11 Å². The fourth-order valence-electron chi connectivity index (χ4n) is 3.08. The van der Waals surface area contributed by atoms with E-state index in [9.17, 15) is 5.26 Å². The van der Waals surface area contributed by atoms with Gasteiger partial charge in [0.2, 0.25) is 12.7 Å². The van der Waals surface area contributed by atoms with Crippen LogP contribution >= 0.6 is 0 Å². The number of nitriles is 1. The summed E-state index contributed by atoms with van der Waals surface area (Å²) in [5.41, 5.74) is 8.02. The number of fused-ring (bicyclic) bond motifs is 2. The minimum atomic E-state index is -0.358. The number of hydrogen-bond donors (Lipinski definition) is 1. The molecule has 4 rings (SSSR count). The molecule has 0 spiro atoms. The molecule has 0 saturated carbocycles. The first-order chi connectivity index (χ1) is 12.7. The van der Waals surface area contributed by atoms with Crippen molar-refractivity contribution in [3.8, 4) is 29.1 Å². The molecule has 0 bridgehead atoms. The van der Waals surface area contributed by atoms with E-state index < -0.39 is 0 Å². The fraction of sp³-hybridized carbons (Fsp3) is 0.150. The summed E-state index contributed by atoms with van der Waals surface area (Å²) >= 11 is 0. The van der Waals surface area contributed by atoms with Gasteiger partial charge in [-0.2, -0.15) is 5.26 Å². The van der Waals surface area contributed by atoms with Gasteiger partial charge in [-0.1, -0.05) is 30.4 Å². The smallest absolute Gasteiger partial charge is 0.231 e. The van der Waals surface area contributed by atoms with Crippen LogP contribution in [0.5, 0.6) is 23.0 Å². The second-order valence-electron chi connectivity index (χ2n) is 5.81. The van der Waals surface area contributed by atoms with E-state index >= 15 is 0 Å². The van der Waals surface area contributed by atoms with Crippen LogP contribution < -0.4 is 24.7 Å². The highest BCUT2D eigenvalue weighted by Crippen LogP contribution is 2.46. The summed E-state index contributed by atoms with van der Waals surface area (Å²) in [6.07, 6.45) is 3.82. The summed E-state index contributed by atoms with van der Waals surface area (Å²) < 4.78 is 21.8. The Morgan fingerprint density at radius 1 is 1.19 bits per heavy atom. The minimum absolute atomic E-state index is 0.0912. The van der Waals surface area contributed by atoms with Gasteiger partial charge in [0.1, 0.15) is 23.1 Å². The molecule has 0 saturated heterocycles. The quantitative estimate of drug-likeness (QED) is 0.916. The van der Waals surface area contributed by atoms with Gasteiger partial charge < -0.3 is 24.7 Å². The summed E-state index contributed by atoms with van der Waals surface area (Å²) in [5, 5.41) is 9.57. The Balaban J connectivity index is 1.79. The summed E-state index contributed by atoms with van der Waals surface area (Å²) in [6, 6.07) is 13.4. The number of ether oxygens (including phenoxy) is 4. The van der Waals surface area contributed by atoms with E-state index in [1.807, 2.05) is 42.5 Å². The molecule has 26 heavy (non-hydrogen) atoms. The molecule has 1 atom stereocenters. The highest BCUT2D eigenvalue weighted by atomic mass is 16.7. The number of allylic oxidation sites excluding steroid dienone is 2. The molecule has 0 aromatic heterocycles. The van der Waals surface area contributed by atoms with Crippen molar-refractivity contribution in [3.05, 3.63) is 65.1 Å². The zero-order valence-electron chi connectivity index (χ0n) is 14.1. The molecule has 2 aliphatic heterocycles. The molecule has 0 aliphatic carbocycles. The molecule has 2 N–H and O–H groups in total. The van der Waals surface area contributed by atoms with Crippen molar-refractivity contribution in [2.45, 2.75) is 5.92 Å². The molecule has 0 amide bonds. The lowest BCUT2D eigenvalue weighted by Crippen LogP contribution is -2.19. The van der Waals surface area contributed by atoms with Crippen LogP contribution in [0.2, 0.25) is 0 Å². The SMILES string of the molecule is COc1ccccc1/C=C/[C@@H]1C(C#N)=C(N)Oc2cc3c(cc21)OCO3. The van der Waals surface area contributed by atoms with E-state index in [-0.39, 0.29) is 18.6 Å². The molecular weight excluding hydrogens is 332 g/mol. The maximum atomic E-state index is 9.57. The maximum absolute atomic E-state index is 9.57. The number of para-hydroxylation sites is 1. The van der Waals surface area contributed by atoms with Crippen LogP contribution in [0.4, 0.5) is 0 Å². The largest absolute Gasteiger partial charge is 0.496 e. The summed E-state index contributed by atoms with van der Waals surface area (Å²) in [7, 11) is 1.62. The Kier molecular flexibility index (Phi) is 3.90. The summed E-state index contributed by atoms with van der Waals surface area (Å²) in [4.78, 5) is 0.